The summed E-state index contributed by atoms with van der Waals surface area (Å²) in [7, 11) is 1.53. The van der Waals surface area contributed by atoms with E-state index in [1.54, 1.807) is 24.3 Å². The third-order valence-corrected chi connectivity index (χ3v) is 3.15. The van der Waals surface area contributed by atoms with Crippen LogP contribution >= 0.6 is 22.3 Å². The molecule has 0 saturated heterocycles. The summed E-state index contributed by atoms with van der Waals surface area (Å²) in [6, 6.07) is 6.92. The molecular weight excluding hydrogens is 287 g/mol. The smallest absolute Gasteiger partial charge is 0.234 e. The van der Waals surface area contributed by atoms with Crippen LogP contribution in [0.15, 0.2) is 24.3 Å². The van der Waals surface area contributed by atoms with E-state index < -0.39 is 9.05 Å². The largest absolute Gasteiger partial charge is 0.491 e. The highest BCUT2D eigenvalue weighted by molar-refractivity contribution is 8.13. The van der Waals surface area contributed by atoms with Gasteiger partial charge in [0, 0.05) is 15.7 Å². The maximum atomic E-state index is 10.6. The van der Waals surface area contributed by atoms with E-state index >= 15 is 0 Å². The molecule has 0 fully saturated rings. The first-order chi connectivity index (χ1) is 7.97. The molecule has 0 atom stereocenters. The molecule has 96 valence electrons. The molecule has 0 aromatic heterocycles. The van der Waals surface area contributed by atoms with Gasteiger partial charge in [0.05, 0.1) is 19.0 Å². The molecule has 0 spiro atoms. The highest BCUT2D eigenvalue weighted by atomic mass is 35.7. The van der Waals surface area contributed by atoms with Crippen LogP contribution in [0, 0.1) is 0 Å². The van der Waals surface area contributed by atoms with Gasteiger partial charge in [-0.25, -0.2) is 8.42 Å². The van der Waals surface area contributed by atoms with Crippen LogP contribution in [0.5, 0.6) is 5.75 Å². The molecule has 1 rings (SSSR count). The maximum absolute atomic E-state index is 10.6. The summed E-state index contributed by atoms with van der Waals surface area (Å²) in [5.74, 6) is 0.484. The van der Waals surface area contributed by atoms with Crippen LogP contribution in [-0.4, -0.2) is 34.0 Å². The number of rotatable bonds is 7. The Kier molecular flexibility index (Phi) is 6.05. The van der Waals surface area contributed by atoms with Crippen molar-refractivity contribution < 1.29 is 17.9 Å². The minimum absolute atomic E-state index is 0.0653. The Balaban J connectivity index is 2.10. The number of benzene rings is 1. The highest BCUT2D eigenvalue weighted by Gasteiger charge is 2.03. The molecule has 0 heterocycles. The molecule has 0 amide bonds. The normalized spacial score (nSPS) is 11.4. The van der Waals surface area contributed by atoms with Crippen molar-refractivity contribution >= 4 is 31.3 Å². The van der Waals surface area contributed by atoms with Crippen molar-refractivity contribution in [3.05, 3.63) is 29.3 Å². The number of hydrogen-bond donors (Lipinski definition) is 0. The van der Waals surface area contributed by atoms with E-state index in [1.807, 2.05) is 0 Å². The maximum Gasteiger partial charge on any atom is 0.234 e. The number of ether oxygens (including phenoxy) is 2. The number of halogens is 2. The van der Waals surface area contributed by atoms with Crippen LogP contribution in [0.3, 0.4) is 0 Å². The predicted molar refractivity (Wildman–Crippen MR) is 67.4 cm³/mol. The average Bonchev–Trinajstić information content (AvgIpc) is 2.24. The van der Waals surface area contributed by atoms with Gasteiger partial charge in [-0.05, 0) is 24.3 Å². The Morgan fingerprint density at radius 2 is 1.71 bits per heavy atom. The predicted octanol–water partition coefficient (Wildman–Crippen LogP) is 2.30. The van der Waals surface area contributed by atoms with Crippen molar-refractivity contribution in [1.29, 1.82) is 0 Å². The molecule has 1 aromatic carbocycles. The molecule has 0 aliphatic rings. The zero-order valence-electron chi connectivity index (χ0n) is 8.93. The van der Waals surface area contributed by atoms with E-state index in [0.717, 1.165) is 0 Å². The molecule has 4 nitrogen and oxygen atoms in total. The average molecular weight is 299 g/mol. The first-order valence-corrected chi connectivity index (χ1v) is 7.71. The van der Waals surface area contributed by atoms with Gasteiger partial charge in [0.2, 0.25) is 9.05 Å². The van der Waals surface area contributed by atoms with Crippen molar-refractivity contribution in [2.75, 3.05) is 25.6 Å². The molecule has 0 unspecified atom stereocenters. The molecule has 17 heavy (non-hydrogen) atoms. The molecule has 7 heteroatoms. The highest BCUT2D eigenvalue weighted by Crippen LogP contribution is 2.15. The van der Waals surface area contributed by atoms with E-state index in [2.05, 4.69) is 0 Å². The van der Waals surface area contributed by atoms with Gasteiger partial charge < -0.3 is 9.47 Å². The molecule has 0 N–H and O–H groups in total. The second-order valence-corrected chi connectivity index (χ2v) is 6.49. The molecule has 0 saturated carbocycles. The first kappa shape index (κ1) is 14.6. The first-order valence-electron chi connectivity index (χ1n) is 4.86. The van der Waals surface area contributed by atoms with Crippen LogP contribution in [0.4, 0.5) is 0 Å². The van der Waals surface area contributed by atoms with Crippen LogP contribution in [0.25, 0.3) is 0 Å². The van der Waals surface area contributed by atoms with Gasteiger partial charge in [-0.2, -0.15) is 0 Å². The molecule has 0 aliphatic heterocycles. The van der Waals surface area contributed by atoms with E-state index in [0.29, 0.717) is 24.0 Å². The summed E-state index contributed by atoms with van der Waals surface area (Å²) >= 11 is 5.71. The van der Waals surface area contributed by atoms with Crippen molar-refractivity contribution in [2.24, 2.45) is 0 Å². The van der Waals surface area contributed by atoms with Crippen LogP contribution in [0.1, 0.15) is 0 Å². The quantitative estimate of drug-likeness (QED) is 0.572. The third kappa shape index (κ3) is 7.44. The summed E-state index contributed by atoms with van der Waals surface area (Å²) in [5.41, 5.74) is 0. The van der Waals surface area contributed by atoms with Gasteiger partial charge in [-0.3, -0.25) is 0 Å². The second kappa shape index (κ2) is 7.06. The lowest BCUT2D eigenvalue weighted by Gasteiger charge is -2.06. The Bertz CT molecular complexity index is 430. The van der Waals surface area contributed by atoms with Crippen LogP contribution < -0.4 is 4.74 Å². The van der Waals surface area contributed by atoms with Gasteiger partial charge in [-0.1, -0.05) is 11.6 Å². The van der Waals surface area contributed by atoms with Gasteiger partial charge >= 0.3 is 0 Å². The Morgan fingerprint density at radius 3 is 2.29 bits per heavy atom. The molecule has 1 aromatic rings. The minimum Gasteiger partial charge on any atom is -0.491 e. The Hall–Kier alpha value is -0.490. The monoisotopic (exact) mass is 298 g/mol. The Labute approximate surface area is 110 Å². The van der Waals surface area contributed by atoms with Crippen molar-refractivity contribution in [2.45, 2.75) is 0 Å². The van der Waals surface area contributed by atoms with E-state index in [9.17, 15) is 8.42 Å². The zero-order chi connectivity index (χ0) is 12.7. The Morgan fingerprint density at radius 1 is 1.06 bits per heavy atom. The summed E-state index contributed by atoms with van der Waals surface area (Å²) < 4.78 is 31.5. The van der Waals surface area contributed by atoms with Gasteiger partial charge in [0.25, 0.3) is 0 Å². The standard InChI is InChI=1S/C10H12Cl2O4S/c11-9-1-3-10(4-2-9)16-6-5-15-7-8-17(12,13)14/h1-4H,5-8H2. The summed E-state index contributed by atoms with van der Waals surface area (Å²) in [5, 5.41) is 0.640. The fourth-order valence-electron chi connectivity index (χ4n) is 1.01. The van der Waals surface area contributed by atoms with Crippen molar-refractivity contribution in [3.8, 4) is 5.75 Å². The summed E-state index contributed by atoms with van der Waals surface area (Å²) in [4.78, 5) is 0. The summed E-state index contributed by atoms with van der Waals surface area (Å²) in [6.45, 7) is 0.703. The SMILES string of the molecule is O=S(=O)(Cl)CCOCCOc1ccc(Cl)cc1. The lowest BCUT2D eigenvalue weighted by atomic mass is 10.3. The zero-order valence-corrected chi connectivity index (χ0v) is 11.3. The van der Waals surface area contributed by atoms with E-state index in [-0.39, 0.29) is 12.4 Å². The molecular formula is C10H12Cl2O4S. The van der Waals surface area contributed by atoms with E-state index in [1.165, 1.54) is 0 Å². The third-order valence-electron chi connectivity index (χ3n) is 1.78. The second-order valence-electron chi connectivity index (χ2n) is 3.16. The molecule has 0 radical (unpaired) electrons. The van der Waals surface area contributed by atoms with Gasteiger partial charge in [0.15, 0.2) is 0 Å². The van der Waals surface area contributed by atoms with Crippen LogP contribution in [-0.2, 0) is 13.8 Å². The molecule has 0 bridgehead atoms. The van der Waals surface area contributed by atoms with Gasteiger partial charge in [-0.15, -0.1) is 0 Å². The summed E-state index contributed by atoms with van der Waals surface area (Å²) in [6.07, 6.45) is 0. The van der Waals surface area contributed by atoms with Gasteiger partial charge in [0.1, 0.15) is 12.4 Å². The lowest BCUT2D eigenvalue weighted by Crippen LogP contribution is -2.11. The van der Waals surface area contributed by atoms with E-state index in [4.69, 9.17) is 31.8 Å². The topological polar surface area (TPSA) is 52.6 Å². The fraction of sp³-hybridized carbons (Fsp3) is 0.400. The van der Waals surface area contributed by atoms with Crippen LogP contribution in [0.2, 0.25) is 5.02 Å². The lowest BCUT2D eigenvalue weighted by molar-refractivity contribution is 0.111. The van der Waals surface area contributed by atoms with Crippen molar-refractivity contribution in [1.82, 2.24) is 0 Å². The van der Waals surface area contributed by atoms with Crippen molar-refractivity contribution in [3.63, 3.8) is 0 Å². The number of hydrogen-bond acceptors (Lipinski definition) is 4. The minimum atomic E-state index is -3.48. The molecule has 0 aliphatic carbocycles. The fourth-order valence-corrected chi connectivity index (χ4v) is 1.64.